The SMILES string of the molecule is CCCc1ccc2oc(C(=O)N[C@@H](C)C(N)=O)c(C)c2c1. The van der Waals surface area contributed by atoms with Gasteiger partial charge in [0.25, 0.3) is 5.91 Å². The molecule has 0 radical (unpaired) electrons. The molecule has 0 fully saturated rings. The lowest BCUT2D eigenvalue weighted by Gasteiger charge is -2.08. The first-order valence-corrected chi connectivity index (χ1v) is 7.06. The minimum atomic E-state index is -0.735. The first-order valence-electron chi connectivity index (χ1n) is 7.06. The highest BCUT2D eigenvalue weighted by molar-refractivity contribution is 6.00. The number of furan rings is 1. The minimum Gasteiger partial charge on any atom is -0.451 e. The molecular weight excluding hydrogens is 268 g/mol. The molecular formula is C16H20N2O3. The van der Waals surface area contributed by atoms with E-state index in [2.05, 4.69) is 12.2 Å². The van der Waals surface area contributed by atoms with Crippen molar-refractivity contribution >= 4 is 22.8 Å². The molecule has 1 heterocycles. The van der Waals surface area contributed by atoms with E-state index in [-0.39, 0.29) is 5.76 Å². The van der Waals surface area contributed by atoms with Gasteiger partial charge in [-0.2, -0.15) is 0 Å². The van der Waals surface area contributed by atoms with E-state index in [4.69, 9.17) is 10.2 Å². The molecule has 3 N–H and O–H groups in total. The molecule has 0 aliphatic rings. The molecule has 0 aliphatic heterocycles. The molecule has 2 aromatic rings. The van der Waals surface area contributed by atoms with Crippen LogP contribution in [0.25, 0.3) is 11.0 Å². The second-order valence-electron chi connectivity index (χ2n) is 5.23. The van der Waals surface area contributed by atoms with Gasteiger partial charge in [0.05, 0.1) is 0 Å². The summed E-state index contributed by atoms with van der Waals surface area (Å²) in [6, 6.07) is 5.19. The highest BCUT2D eigenvalue weighted by Gasteiger charge is 2.20. The van der Waals surface area contributed by atoms with Gasteiger partial charge in [0.15, 0.2) is 5.76 Å². The Balaban J connectivity index is 2.34. The number of rotatable bonds is 5. The lowest BCUT2D eigenvalue weighted by atomic mass is 10.1. The van der Waals surface area contributed by atoms with Crippen LogP contribution in [0, 0.1) is 6.92 Å². The maximum atomic E-state index is 12.1. The van der Waals surface area contributed by atoms with Crippen LogP contribution in [0.3, 0.4) is 0 Å². The predicted octanol–water partition coefficient (Wildman–Crippen LogP) is 2.30. The molecule has 0 unspecified atom stereocenters. The van der Waals surface area contributed by atoms with Crippen molar-refractivity contribution in [2.45, 2.75) is 39.7 Å². The van der Waals surface area contributed by atoms with E-state index in [0.29, 0.717) is 5.58 Å². The molecule has 21 heavy (non-hydrogen) atoms. The Bertz CT molecular complexity index is 688. The Morgan fingerprint density at radius 3 is 2.71 bits per heavy atom. The number of fused-ring (bicyclic) bond motifs is 1. The smallest absolute Gasteiger partial charge is 0.287 e. The van der Waals surface area contributed by atoms with Gasteiger partial charge in [-0.3, -0.25) is 9.59 Å². The summed E-state index contributed by atoms with van der Waals surface area (Å²) >= 11 is 0. The Kier molecular flexibility index (Phi) is 4.31. The topological polar surface area (TPSA) is 85.3 Å². The second-order valence-corrected chi connectivity index (χ2v) is 5.23. The fourth-order valence-corrected chi connectivity index (χ4v) is 2.26. The van der Waals surface area contributed by atoms with Crippen LogP contribution in [0.4, 0.5) is 0 Å². The van der Waals surface area contributed by atoms with Crippen molar-refractivity contribution in [3.8, 4) is 0 Å². The fourth-order valence-electron chi connectivity index (χ4n) is 2.26. The van der Waals surface area contributed by atoms with Crippen molar-refractivity contribution in [2.24, 2.45) is 5.73 Å². The number of aryl methyl sites for hydroxylation is 2. The Labute approximate surface area is 123 Å². The lowest BCUT2D eigenvalue weighted by molar-refractivity contribution is -0.119. The summed E-state index contributed by atoms with van der Waals surface area (Å²) in [7, 11) is 0. The molecule has 2 amide bonds. The number of carbonyl (C=O) groups is 2. The normalized spacial score (nSPS) is 12.3. The maximum Gasteiger partial charge on any atom is 0.287 e. The Hall–Kier alpha value is -2.30. The highest BCUT2D eigenvalue weighted by atomic mass is 16.3. The zero-order valence-corrected chi connectivity index (χ0v) is 12.5. The van der Waals surface area contributed by atoms with E-state index in [1.165, 1.54) is 12.5 Å². The number of benzene rings is 1. The fraction of sp³-hybridized carbons (Fsp3) is 0.375. The van der Waals surface area contributed by atoms with E-state index >= 15 is 0 Å². The number of carbonyl (C=O) groups excluding carboxylic acids is 2. The number of nitrogens with two attached hydrogens (primary N) is 1. The van der Waals surface area contributed by atoms with Gasteiger partial charge in [-0.1, -0.05) is 19.4 Å². The standard InChI is InChI=1S/C16H20N2O3/c1-4-5-11-6-7-13-12(8-11)9(2)14(21-13)16(20)18-10(3)15(17)19/h6-8,10H,4-5H2,1-3H3,(H2,17,19)(H,18,20)/t10-/m0/s1. The van der Waals surface area contributed by atoms with Crippen LogP contribution < -0.4 is 11.1 Å². The summed E-state index contributed by atoms with van der Waals surface area (Å²) in [5, 5.41) is 3.46. The molecule has 1 atom stereocenters. The van der Waals surface area contributed by atoms with Crippen LogP contribution >= 0.6 is 0 Å². The van der Waals surface area contributed by atoms with Crippen molar-refractivity contribution in [3.63, 3.8) is 0 Å². The molecule has 0 bridgehead atoms. The van der Waals surface area contributed by atoms with E-state index in [1.54, 1.807) is 0 Å². The van der Waals surface area contributed by atoms with Gasteiger partial charge in [0.1, 0.15) is 11.6 Å². The number of primary amides is 1. The quantitative estimate of drug-likeness (QED) is 0.885. The van der Waals surface area contributed by atoms with Crippen LogP contribution in [0.15, 0.2) is 22.6 Å². The number of hydrogen-bond donors (Lipinski definition) is 2. The molecule has 2 rings (SSSR count). The van der Waals surface area contributed by atoms with Crippen LogP contribution in [0.1, 0.15) is 41.9 Å². The number of hydrogen-bond acceptors (Lipinski definition) is 3. The summed E-state index contributed by atoms with van der Waals surface area (Å²) in [6.07, 6.45) is 2.05. The van der Waals surface area contributed by atoms with Gasteiger partial charge in [-0.25, -0.2) is 0 Å². The second kappa shape index (κ2) is 5.99. The van der Waals surface area contributed by atoms with Gasteiger partial charge >= 0.3 is 0 Å². The molecule has 1 aromatic heterocycles. The van der Waals surface area contributed by atoms with Gasteiger partial charge in [-0.15, -0.1) is 0 Å². The number of nitrogens with one attached hydrogen (secondary N) is 1. The number of amides is 2. The molecule has 5 heteroatoms. The van der Waals surface area contributed by atoms with E-state index in [9.17, 15) is 9.59 Å². The van der Waals surface area contributed by atoms with Crippen molar-refractivity contribution in [1.29, 1.82) is 0 Å². The summed E-state index contributed by atoms with van der Waals surface area (Å²) in [4.78, 5) is 23.2. The largest absolute Gasteiger partial charge is 0.451 e. The third-order valence-electron chi connectivity index (χ3n) is 3.52. The molecule has 5 nitrogen and oxygen atoms in total. The van der Waals surface area contributed by atoms with Gasteiger partial charge in [-0.05, 0) is 38.0 Å². The maximum absolute atomic E-state index is 12.1. The van der Waals surface area contributed by atoms with E-state index in [0.717, 1.165) is 23.8 Å². The molecule has 0 aliphatic carbocycles. The summed E-state index contributed by atoms with van der Waals surface area (Å²) < 4.78 is 5.61. The summed E-state index contributed by atoms with van der Waals surface area (Å²) in [5.74, 6) is -0.777. The molecule has 0 saturated heterocycles. The zero-order valence-electron chi connectivity index (χ0n) is 12.5. The average Bonchev–Trinajstić information content (AvgIpc) is 2.76. The molecule has 112 valence electrons. The Morgan fingerprint density at radius 1 is 1.38 bits per heavy atom. The first kappa shape index (κ1) is 15.1. The van der Waals surface area contributed by atoms with E-state index < -0.39 is 17.9 Å². The molecule has 0 saturated carbocycles. The van der Waals surface area contributed by atoms with Crippen molar-refractivity contribution in [3.05, 3.63) is 35.1 Å². The monoisotopic (exact) mass is 288 g/mol. The van der Waals surface area contributed by atoms with Crippen molar-refractivity contribution < 1.29 is 14.0 Å². The molecule has 1 aromatic carbocycles. The van der Waals surface area contributed by atoms with Crippen LogP contribution in [0.2, 0.25) is 0 Å². The Morgan fingerprint density at radius 2 is 2.10 bits per heavy atom. The van der Waals surface area contributed by atoms with Crippen molar-refractivity contribution in [1.82, 2.24) is 5.32 Å². The van der Waals surface area contributed by atoms with Crippen molar-refractivity contribution in [2.75, 3.05) is 0 Å². The van der Waals surface area contributed by atoms with Crippen LogP contribution in [-0.4, -0.2) is 17.9 Å². The predicted molar refractivity (Wildman–Crippen MR) is 81.1 cm³/mol. The van der Waals surface area contributed by atoms with Crippen LogP contribution in [-0.2, 0) is 11.2 Å². The van der Waals surface area contributed by atoms with E-state index in [1.807, 2.05) is 25.1 Å². The van der Waals surface area contributed by atoms with Gasteiger partial charge in [0, 0.05) is 10.9 Å². The third-order valence-corrected chi connectivity index (χ3v) is 3.52. The summed E-state index contributed by atoms with van der Waals surface area (Å²) in [5.41, 5.74) is 7.80. The first-order chi connectivity index (χ1) is 9.93. The third kappa shape index (κ3) is 3.07. The minimum absolute atomic E-state index is 0.228. The zero-order chi connectivity index (χ0) is 15.6. The summed E-state index contributed by atoms with van der Waals surface area (Å²) in [6.45, 7) is 5.50. The lowest BCUT2D eigenvalue weighted by Crippen LogP contribution is -2.42. The molecule has 0 spiro atoms. The average molecular weight is 288 g/mol. The van der Waals surface area contributed by atoms with Crippen LogP contribution in [0.5, 0.6) is 0 Å². The van der Waals surface area contributed by atoms with Gasteiger partial charge < -0.3 is 15.5 Å². The van der Waals surface area contributed by atoms with Gasteiger partial charge in [0.2, 0.25) is 5.91 Å². The highest BCUT2D eigenvalue weighted by Crippen LogP contribution is 2.26.